The third-order valence-electron chi connectivity index (χ3n) is 4.35. The molecule has 0 radical (unpaired) electrons. The highest BCUT2D eigenvalue weighted by atomic mass is 32.2. The number of nitrogens with one attached hydrogen (secondary N) is 1. The Balaban J connectivity index is 2.13. The van der Waals surface area contributed by atoms with E-state index in [-0.39, 0.29) is 10.9 Å². The molecule has 0 saturated carbocycles. The smallest absolute Gasteiger partial charge is 0.242 e. The van der Waals surface area contributed by atoms with Crippen LogP contribution in [0.5, 0.6) is 0 Å². The van der Waals surface area contributed by atoms with Crippen molar-refractivity contribution in [3.63, 3.8) is 0 Å². The zero-order valence-corrected chi connectivity index (χ0v) is 13.8. The number of likely N-dealkylation sites (tertiary alicyclic amines) is 1. The van der Waals surface area contributed by atoms with Crippen molar-refractivity contribution in [1.82, 2.24) is 9.62 Å². The lowest BCUT2D eigenvalue weighted by molar-refractivity contribution is 0.187. The number of anilines is 1. The van der Waals surface area contributed by atoms with Gasteiger partial charge in [-0.05, 0) is 63.5 Å². The van der Waals surface area contributed by atoms with E-state index in [0.717, 1.165) is 30.5 Å². The van der Waals surface area contributed by atoms with Crippen molar-refractivity contribution in [3.05, 3.63) is 23.3 Å². The van der Waals surface area contributed by atoms with Crippen LogP contribution in [0.2, 0.25) is 0 Å². The molecule has 1 saturated heterocycles. The summed E-state index contributed by atoms with van der Waals surface area (Å²) < 4.78 is 27.6. The van der Waals surface area contributed by atoms with Crippen LogP contribution in [0.1, 0.15) is 30.4 Å². The van der Waals surface area contributed by atoms with E-state index in [1.807, 2.05) is 20.9 Å². The molecule has 1 aliphatic rings. The first-order chi connectivity index (χ1) is 9.81. The van der Waals surface area contributed by atoms with Crippen LogP contribution in [0.25, 0.3) is 0 Å². The molecule has 0 aliphatic carbocycles. The lowest BCUT2D eigenvalue weighted by Gasteiger charge is -2.32. The van der Waals surface area contributed by atoms with Gasteiger partial charge in [0.25, 0.3) is 0 Å². The molecule has 1 unspecified atom stereocenters. The van der Waals surface area contributed by atoms with Crippen LogP contribution in [-0.4, -0.2) is 39.5 Å². The number of nitrogen functional groups attached to an aromatic ring is 1. The summed E-state index contributed by atoms with van der Waals surface area (Å²) in [7, 11) is -1.51. The van der Waals surface area contributed by atoms with Gasteiger partial charge in [0.15, 0.2) is 0 Å². The normalized spacial score (nSPS) is 20.6. The lowest BCUT2D eigenvalue weighted by Crippen LogP contribution is -2.44. The summed E-state index contributed by atoms with van der Waals surface area (Å²) in [5.74, 6) is 0. The minimum absolute atomic E-state index is 0.184. The summed E-state index contributed by atoms with van der Waals surface area (Å²) in [6, 6.07) is 3.63. The van der Waals surface area contributed by atoms with E-state index in [1.165, 1.54) is 6.42 Å². The number of benzene rings is 1. The molecule has 0 bridgehead atoms. The molecular weight excluding hydrogens is 286 g/mol. The largest absolute Gasteiger partial charge is 0.398 e. The molecule has 1 aliphatic heterocycles. The van der Waals surface area contributed by atoms with Gasteiger partial charge in [0, 0.05) is 12.6 Å². The number of nitrogens with zero attached hydrogens (tertiary/aromatic N) is 1. The SMILES string of the molecule is Cc1cc(N)c(S(=O)(=O)NCC2CCCCN2C)cc1C. The van der Waals surface area contributed by atoms with Crippen LogP contribution in [0, 0.1) is 13.8 Å². The molecular formula is C15H25N3O2S. The standard InChI is InChI=1S/C15H25N3O2S/c1-11-8-14(16)15(9-12(11)2)21(19,20)17-10-13-6-4-5-7-18(13)3/h8-9,13,17H,4-7,10,16H2,1-3H3. The van der Waals surface area contributed by atoms with Crippen molar-refractivity contribution >= 4 is 15.7 Å². The maximum absolute atomic E-state index is 12.5. The molecule has 6 heteroatoms. The third kappa shape index (κ3) is 3.75. The zero-order valence-electron chi connectivity index (χ0n) is 13.0. The van der Waals surface area contributed by atoms with Crippen LogP contribution in [-0.2, 0) is 10.0 Å². The lowest BCUT2D eigenvalue weighted by atomic mass is 10.0. The van der Waals surface area contributed by atoms with Gasteiger partial charge < -0.3 is 10.6 Å². The highest BCUT2D eigenvalue weighted by Crippen LogP contribution is 2.23. The predicted molar refractivity (Wildman–Crippen MR) is 85.8 cm³/mol. The van der Waals surface area contributed by atoms with Gasteiger partial charge in [0.1, 0.15) is 4.90 Å². The summed E-state index contributed by atoms with van der Waals surface area (Å²) in [5.41, 5.74) is 8.12. The van der Waals surface area contributed by atoms with Gasteiger partial charge in [0.05, 0.1) is 5.69 Å². The predicted octanol–water partition coefficient (Wildman–Crippen LogP) is 1.65. The van der Waals surface area contributed by atoms with Gasteiger partial charge in [-0.3, -0.25) is 0 Å². The highest BCUT2D eigenvalue weighted by molar-refractivity contribution is 7.89. The summed E-state index contributed by atoms with van der Waals surface area (Å²) in [6.07, 6.45) is 3.37. The van der Waals surface area contributed by atoms with Crippen molar-refractivity contribution in [2.45, 2.75) is 44.0 Å². The number of piperidine rings is 1. The fraction of sp³-hybridized carbons (Fsp3) is 0.600. The van der Waals surface area contributed by atoms with Crippen molar-refractivity contribution in [3.8, 4) is 0 Å². The van der Waals surface area contributed by atoms with Gasteiger partial charge in [-0.15, -0.1) is 0 Å². The van der Waals surface area contributed by atoms with Crippen LogP contribution in [0.3, 0.4) is 0 Å². The fourth-order valence-corrected chi connectivity index (χ4v) is 4.00. The van der Waals surface area contributed by atoms with Gasteiger partial charge in [-0.2, -0.15) is 0 Å². The van der Waals surface area contributed by atoms with Gasteiger partial charge in [-0.1, -0.05) is 6.42 Å². The Morgan fingerprint density at radius 3 is 2.62 bits per heavy atom. The monoisotopic (exact) mass is 311 g/mol. The third-order valence-corrected chi connectivity index (χ3v) is 5.83. The molecule has 3 N–H and O–H groups in total. The Labute approximate surface area is 127 Å². The molecule has 1 aromatic carbocycles. The first-order valence-corrected chi connectivity index (χ1v) is 8.86. The molecule has 0 spiro atoms. The quantitative estimate of drug-likeness (QED) is 0.829. The van der Waals surface area contributed by atoms with Gasteiger partial charge in [0.2, 0.25) is 10.0 Å². The van der Waals surface area contributed by atoms with Crippen LogP contribution in [0.15, 0.2) is 17.0 Å². The number of sulfonamides is 1. The number of nitrogens with two attached hydrogens (primary N) is 1. The molecule has 1 fully saturated rings. The topological polar surface area (TPSA) is 75.4 Å². The minimum Gasteiger partial charge on any atom is -0.398 e. The molecule has 2 rings (SSSR count). The molecule has 1 atom stereocenters. The molecule has 118 valence electrons. The van der Waals surface area contributed by atoms with Gasteiger partial charge >= 0.3 is 0 Å². The van der Waals surface area contributed by atoms with E-state index < -0.39 is 10.0 Å². The van der Waals surface area contributed by atoms with Crippen molar-refractivity contribution in [1.29, 1.82) is 0 Å². The van der Waals surface area contributed by atoms with E-state index in [1.54, 1.807) is 12.1 Å². The van der Waals surface area contributed by atoms with E-state index in [0.29, 0.717) is 12.2 Å². The molecule has 5 nitrogen and oxygen atoms in total. The van der Waals surface area contributed by atoms with Crippen LogP contribution < -0.4 is 10.5 Å². The first-order valence-electron chi connectivity index (χ1n) is 7.38. The minimum atomic E-state index is -3.55. The Kier molecular flexibility index (Phi) is 4.91. The average Bonchev–Trinajstić information content (AvgIpc) is 2.42. The molecule has 0 aromatic heterocycles. The Bertz CT molecular complexity index is 614. The number of aryl methyl sites for hydroxylation is 2. The first kappa shape index (κ1) is 16.3. The summed E-state index contributed by atoms with van der Waals surface area (Å²) in [5, 5.41) is 0. The Morgan fingerprint density at radius 2 is 1.95 bits per heavy atom. The second-order valence-corrected chi connectivity index (χ2v) is 7.69. The van der Waals surface area contributed by atoms with Crippen molar-refractivity contribution < 1.29 is 8.42 Å². The fourth-order valence-electron chi connectivity index (χ4n) is 2.73. The van der Waals surface area contributed by atoms with Crippen LogP contribution >= 0.6 is 0 Å². The number of hydrogen-bond acceptors (Lipinski definition) is 4. The van der Waals surface area contributed by atoms with E-state index in [9.17, 15) is 8.42 Å². The Morgan fingerprint density at radius 1 is 1.29 bits per heavy atom. The number of hydrogen-bond donors (Lipinski definition) is 2. The summed E-state index contributed by atoms with van der Waals surface area (Å²) in [6.45, 7) is 5.28. The van der Waals surface area contributed by atoms with E-state index >= 15 is 0 Å². The van der Waals surface area contributed by atoms with E-state index in [4.69, 9.17) is 5.73 Å². The molecule has 21 heavy (non-hydrogen) atoms. The zero-order chi connectivity index (χ0) is 15.6. The maximum Gasteiger partial charge on any atom is 0.242 e. The van der Waals surface area contributed by atoms with E-state index in [2.05, 4.69) is 9.62 Å². The molecule has 1 aromatic rings. The summed E-state index contributed by atoms with van der Waals surface area (Å²) in [4.78, 5) is 2.40. The second-order valence-electron chi connectivity index (χ2n) is 5.96. The Hall–Kier alpha value is -1.11. The average molecular weight is 311 g/mol. The molecule has 0 amide bonds. The van der Waals surface area contributed by atoms with Crippen molar-refractivity contribution in [2.24, 2.45) is 0 Å². The molecule has 1 heterocycles. The van der Waals surface area contributed by atoms with Crippen molar-refractivity contribution in [2.75, 3.05) is 25.9 Å². The van der Waals surface area contributed by atoms with Crippen LogP contribution in [0.4, 0.5) is 5.69 Å². The maximum atomic E-state index is 12.5. The number of likely N-dealkylation sites (N-methyl/N-ethyl adjacent to an activating group) is 1. The van der Waals surface area contributed by atoms with Gasteiger partial charge in [-0.25, -0.2) is 13.1 Å². The highest BCUT2D eigenvalue weighted by Gasteiger charge is 2.23. The summed E-state index contributed by atoms with van der Waals surface area (Å²) >= 11 is 0. The number of rotatable bonds is 4. The second kappa shape index (κ2) is 6.34.